The molecule has 1 heterocycles. The second-order valence-corrected chi connectivity index (χ2v) is 6.04. The Morgan fingerprint density at radius 3 is 2.67 bits per heavy atom. The number of hydrogen-bond acceptors (Lipinski definition) is 2. The van der Waals surface area contributed by atoms with E-state index >= 15 is 0 Å². The van der Waals surface area contributed by atoms with Crippen molar-refractivity contribution >= 4 is 5.96 Å². The maximum atomic E-state index is 4.72. The van der Waals surface area contributed by atoms with Gasteiger partial charge in [0.2, 0.25) is 0 Å². The van der Waals surface area contributed by atoms with Crippen LogP contribution in [0.3, 0.4) is 0 Å². The van der Waals surface area contributed by atoms with E-state index in [1.54, 1.807) is 0 Å². The minimum absolute atomic E-state index is 0.215. The Hall–Kier alpha value is -2.36. The summed E-state index contributed by atoms with van der Waals surface area (Å²) in [6.45, 7) is 10.1. The molecule has 0 saturated carbocycles. The molecule has 2 aromatic rings. The molecule has 0 amide bonds. The average Bonchev–Trinajstić information content (AvgIpc) is 2.57. The quantitative estimate of drug-likeness (QED) is 0.631. The molecule has 0 aliphatic heterocycles. The SMILES string of the molecule is CCNC(=NCCc1ccncc1C)NC(C)c1ccccc1C. The minimum Gasteiger partial charge on any atom is -0.357 e. The van der Waals surface area contributed by atoms with Crippen molar-refractivity contribution in [3.8, 4) is 0 Å². The lowest BCUT2D eigenvalue weighted by molar-refractivity contribution is 0.682. The predicted octanol–water partition coefficient (Wildman–Crippen LogP) is 3.56. The Morgan fingerprint density at radius 1 is 1.17 bits per heavy atom. The zero-order valence-electron chi connectivity index (χ0n) is 15.1. The highest BCUT2D eigenvalue weighted by Gasteiger charge is 2.09. The summed E-state index contributed by atoms with van der Waals surface area (Å²) in [5.74, 6) is 0.861. The average molecular weight is 324 g/mol. The molecule has 1 aromatic carbocycles. The Morgan fingerprint density at radius 2 is 1.96 bits per heavy atom. The lowest BCUT2D eigenvalue weighted by Gasteiger charge is -2.19. The van der Waals surface area contributed by atoms with E-state index in [9.17, 15) is 0 Å². The van der Waals surface area contributed by atoms with Crippen LogP contribution in [0.15, 0.2) is 47.7 Å². The van der Waals surface area contributed by atoms with E-state index in [-0.39, 0.29) is 6.04 Å². The van der Waals surface area contributed by atoms with E-state index in [2.05, 4.69) is 73.6 Å². The molecule has 2 N–H and O–H groups in total. The van der Waals surface area contributed by atoms with Gasteiger partial charge in [0.1, 0.15) is 0 Å². The summed E-state index contributed by atoms with van der Waals surface area (Å²) in [5.41, 5.74) is 5.12. The van der Waals surface area contributed by atoms with Gasteiger partial charge in [-0.1, -0.05) is 24.3 Å². The van der Waals surface area contributed by atoms with E-state index < -0.39 is 0 Å². The minimum atomic E-state index is 0.215. The highest BCUT2D eigenvalue weighted by Crippen LogP contribution is 2.16. The predicted molar refractivity (Wildman–Crippen MR) is 101 cm³/mol. The number of rotatable bonds is 6. The van der Waals surface area contributed by atoms with Gasteiger partial charge in [0.25, 0.3) is 0 Å². The maximum Gasteiger partial charge on any atom is 0.191 e. The topological polar surface area (TPSA) is 49.3 Å². The molecule has 1 unspecified atom stereocenters. The van der Waals surface area contributed by atoms with Gasteiger partial charge in [-0.15, -0.1) is 0 Å². The molecule has 0 aliphatic rings. The van der Waals surface area contributed by atoms with Crippen molar-refractivity contribution in [2.45, 2.75) is 40.2 Å². The Labute approximate surface area is 145 Å². The summed E-state index contributed by atoms with van der Waals surface area (Å²) in [7, 11) is 0. The van der Waals surface area contributed by atoms with E-state index in [1.807, 2.05) is 12.4 Å². The third kappa shape index (κ3) is 5.08. The molecule has 0 radical (unpaired) electrons. The fourth-order valence-corrected chi connectivity index (χ4v) is 2.75. The van der Waals surface area contributed by atoms with E-state index in [0.29, 0.717) is 0 Å². The second kappa shape index (κ2) is 9.06. The zero-order chi connectivity index (χ0) is 17.4. The molecule has 0 aliphatic carbocycles. The van der Waals surface area contributed by atoms with Crippen molar-refractivity contribution in [3.05, 3.63) is 65.0 Å². The number of hydrogen-bond donors (Lipinski definition) is 2. The zero-order valence-corrected chi connectivity index (χ0v) is 15.1. The first-order chi connectivity index (χ1) is 11.6. The van der Waals surface area contributed by atoms with Crippen LogP contribution in [0.2, 0.25) is 0 Å². The molecule has 128 valence electrons. The lowest BCUT2D eigenvalue weighted by Crippen LogP contribution is -2.39. The van der Waals surface area contributed by atoms with Gasteiger partial charge in [0.15, 0.2) is 5.96 Å². The van der Waals surface area contributed by atoms with Crippen molar-refractivity contribution < 1.29 is 0 Å². The fraction of sp³-hybridized carbons (Fsp3) is 0.400. The molecule has 0 bridgehead atoms. The van der Waals surface area contributed by atoms with Crippen LogP contribution in [0.4, 0.5) is 0 Å². The van der Waals surface area contributed by atoms with Crippen molar-refractivity contribution in [2.24, 2.45) is 4.99 Å². The first-order valence-electron chi connectivity index (χ1n) is 8.61. The van der Waals surface area contributed by atoms with Crippen LogP contribution >= 0.6 is 0 Å². The summed E-state index contributed by atoms with van der Waals surface area (Å²) >= 11 is 0. The third-order valence-corrected chi connectivity index (χ3v) is 4.14. The highest BCUT2D eigenvalue weighted by atomic mass is 15.2. The second-order valence-electron chi connectivity index (χ2n) is 6.04. The smallest absolute Gasteiger partial charge is 0.191 e. The van der Waals surface area contributed by atoms with Crippen molar-refractivity contribution in [2.75, 3.05) is 13.1 Å². The van der Waals surface area contributed by atoms with Crippen LogP contribution in [0.1, 0.15) is 42.1 Å². The first kappa shape index (κ1) is 18.0. The molecular formula is C20H28N4. The number of aromatic nitrogens is 1. The van der Waals surface area contributed by atoms with Gasteiger partial charge < -0.3 is 10.6 Å². The monoisotopic (exact) mass is 324 g/mol. The summed E-state index contributed by atoms with van der Waals surface area (Å²) in [6, 6.07) is 10.7. The van der Waals surface area contributed by atoms with Crippen molar-refractivity contribution in [1.82, 2.24) is 15.6 Å². The molecular weight excluding hydrogens is 296 g/mol. The molecule has 24 heavy (non-hydrogen) atoms. The molecule has 0 spiro atoms. The van der Waals surface area contributed by atoms with Gasteiger partial charge in [-0.05, 0) is 62.4 Å². The molecule has 0 fully saturated rings. The van der Waals surface area contributed by atoms with Crippen LogP contribution in [0.25, 0.3) is 0 Å². The number of nitrogens with zero attached hydrogens (tertiary/aromatic N) is 2. The largest absolute Gasteiger partial charge is 0.357 e. The molecule has 1 atom stereocenters. The maximum absolute atomic E-state index is 4.72. The number of benzene rings is 1. The normalized spacial score (nSPS) is 12.8. The summed E-state index contributed by atoms with van der Waals surface area (Å²) < 4.78 is 0. The third-order valence-electron chi connectivity index (χ3n) is 4.14. The van der Waals surface area contributed by atoms with Gasteiger partial charge in [-0.2, -0.15) is 0 Å². The summed E-state index contributed by atoms with van der Waals surface area (Å²) in [5, 5.41) is 6.83. The highest BCUT2D eigenvalue weighted by molar-refractivity contribution is 5.80. The molecule has 1 aromatic heterocycles. The van der Waals surface area contributed by atoms with Gasteiger partial charge in [-0.3, -0.25) is 9.98 Å². The number of nitrogens with one attached hydrogen (secondary N) is 2. The Kier molecular flexibility index (Phi) is 6.79. The molecule has 0 saturated heterocycles. The molecule has 2 rings (SSSR count). The lowest BCUT2D eigenvalue weighted by atomic mass is 10.0. The standard InChI is InChI=1S/C20H28N4/c1-5-22-20(23-13-11-18-10-12-21-14-16(18)3)24-17(4)19-9-7-6-8-15(19)2/h6-10,12,14,17H,5,11,13H2,1-4H3,(H2,22,23,24). The first-order valence-corrected chi connectivity index (χ1v) is 8.61. The van der Waals surface area contributed by atoms with Crippen LogP contribution in [-0.4, -0.2) is 24.0 Å². The van der Waals surface area contributed by atoms with Gasteiger partial charge in [-0.25, -0.2) is 0 Å². The van der Waals surface area contributed by atoms with E-state index in [1.165, 1.54) is 22.3 Å². The molecule has 4 nitrogen and oxygen atoms in total. The van der Waals surface area contributed by atoms with E-state index in [4.69, 9.17) is 4.99 Å². The number of aliphatic imine (C=N–C) groups is 1. The van der Waals surface area contributed by atoms with Crippen LogP contribution < -0.4 is 10.6 Å². The Bertz CT molecular complexity index is 679. The summed E-state index contributed by atoms with van der Waals surface area (Å²) in [4.78, 5) is 8.86. The van der Waals surface area contributed by atoms with Gasteiger partial charge >= 0.3 is 0 Å². The Balaban J connectivity index is 2.00. The van der Waals surface area contributed by atoms with E-state index in [0.717, 1.165) is 25.5 Å². The van der Waals surface area contributed by atoms with Crippen molar-refractivity contribution in [1.29, 1.82) is 0 Å². The van der Waals surface area contributed by atoms with Crippen LogP contribution in [0.5, 0.6) is 0 Å². The van der Waals surface area contributed by atoms with Gasteiger partial charge in [0, 0.05) is 25.5 Å². The summed E-state index contributed by atoms with van der Waals surface area (Å²) in [6.07, 6.45) is 4.67. The number of guanidine groups is 1. The fourth-order valence-electron chi connectivity index (χ4n) is 2.75. The number of pyridine rings is 1. The number of aryl methyl sites for hydroxylation is 2. The molecule has 4 heteroatoms. The van der Waals surface area contributed by atoms with Crippen molar-refractivity contribution in [3.63, 3.8) is 0 Å². The van der Waals surface area contributed by atoms with Crippen LogP contribution in [-0.2, 0) is 6.42 Å². The van der Waals surface area contributed by atoms with Gasteiger partial charge in [0.05, 0.1) is 6.04 Å². The van der Waals surface area contributed by atoms with Crippen LogP contribution in [0, 0.1) is 13.8 Å².